The Balaban J connectivity index is 2.19. The molecule has 0 radical (unpaired) electrons. The Morgan fingerprint density at radius 3 is 2.04 bits per heavy atom. The predicted molar refractivity (Wildman–Crippen MR) is 107 cm³/mol. The third-order valence-electron chi connectivity index (χ3n) is 4.23. The van der Waals surface area contributed by atoms with Crippen LogP contribution in [0.25, 0.3) is 0 Å². The lowest BCUT2D eigenvalue weighted by molar-refractivity contribution is -0.130. The number of rotatable bonds is 8. The van der Waals surface area contributed by atoms with Gasteiger partial charge in [-0.25, -0.2) is 8.42 Å². The third-order valence-corrected chi connectivity index (χ3v) is 5.60. The molecule has 0 bridgehead atoms. The van der Waals surface area contributed by atoms with E-state index in [1.807, 2.05) is 32.0 Å². The fourth-order valence-electron chi connectivity index (χ4n) is 2.56. The van der Waals surface area contributed by atoms with E-state index in [0.29, 0.717) is 11.4 Å². The Kier molecular flexibility index (Phi) is 6.85. The van der Waals surface area contributed by atoms with Gasteiger partial charge in [-0.1, -0.05) is 32.0 Å². The molecule has 1 N–H and O–H groups in total. The third kappa shape index (κ3) is 5.23. The second-order valence-corrected chi connectivity index (χ2v) is 7.99. The van der Waals surface area contributed by atoms with Gasteiger partial charge in [-0.05, 0) is 48.2 Å². The van der Waals surface area contributed by atoms with Crippen LogP contribution in [-0.2, 0) is 27.7 Å². The molecule has 27 heavy (non-hydrogen) atoms. The van der Waals surface area contributed by atoms with Crippen molar-refractivity contribution in [1.82, 2.24) is 4.90 Å². The lowest BCUT2D eigenvalue weighted by Crippen LogP contribution is -2.27. The summed E-state index contributed by atoms with van der Waals surface area (Å²) in [6.07, 6.45) is 1.47. The molecule has 0 aliphatic heterocycles. The summed E-state index contributed by atoms with van der Waals surface area (Å²) >= 11 is 0. The summed E-state index contributed by atoms with van der Waals surface area (Å²) in [5.74, 6) is 0.268. The highest BCUT2D eigenvalue weighted by molar-refractivity contribution is 7.92. The van der Waals surface area contributed by atoms with Crippen LogP contribution in [0.5, 0.6) is 5.75 Å². The lowest BCUT2D eigenvalue weighted by Gasteiger charge is -2.16. The van der Waals surface area contributed by atoms with Crippen molar-refractivity contribution in [2.24, 2.45) is 0 Å². The van der Waals surface area contributed by atoms with E-state index >= 15 is 0 Å². The van der Waals surface area contributed by atoms with E-state index in [2.05, 4.69) is 4.72 Å². The van der Waals surface area contributed by atoms with Gasteiger partial charge in [0.05, 0.1) is 10.6 Å². The first-order valence-corrected chi connectivity index (χ1v) is 10.3. The minimum atomic E-state index is -3.72. The van der Waals surface area contributed by atoms with Gasteiger partial charge in [0.1, 0.15) is 5.75 Å². The first kappa shape index (κ1) is 20.8. The second kappa shape index (κ2) is 8.90. The van der Waals surface area contributed by atoms with Crippen LogP contribution in [0.15, 0.2) is 47.4 Å². The molecule has 0 heterocycles. The average molecular weight is 391 g/mol. The molecule has 2 rings (SSSR count). The number of amides is 1. The van der Waals surface area contributed by atoms with E-state index in [1.54, 1.807) is 26.2 Å². The standard InChI is InChI=1S/C20H26N2O4S/c1-5-15-8-7-9-16(6-2)20(15)21-27(24,25)18-12-10-17(11-13-18)26-14-19(23)22(3)4/h7-13,21H,5-6,14H2,1-4H3. The number of nitrogens with zero attached hydrogens (tertiary/aromatic N) is 1. The zero-order chi connectivity index (χ0) is 20.0. The van der Waals surface area contributed by atoms with Crippen LogP contribution < -0.4 is 9.46 Å². The highest BCUT2D eigenvalue weighted by Gasteiger charge is 2.18. The van der Waals surface area contributed by atoms with Crippen LogP contribution in [0.1, 0.15) is 25.0 Å². The maximum absolute atomic E-state index is 12.8. The van der Waals surface area contributed by atoms with E-state index in [0.717, 1.165) is 24.0 Å². The summed E-state index contributed by atoms with van der Waals surface area (Å²) in [4.78, 5) is 13.1. The van der Waals surface area contributed by atoms with Crippen LogP contribution in [0, 0.1) is 0 Å². The van der Waals surface area contributed by atoms with Crippen molar-refractivity contribution in [3.63, 3.8) is 0 Å². The molecule has 0 saturated heterocycles. The number of anilines is 1. The van der Waals surface area contributed by atoms with Crippen LogP contribution >= 0.6 is 0 Å². The number of hydrogen-bond acceptors (Lipinski definition) is 4. The zero-order valence-electron chi connectivity index (χ0n) is 16.2. The van der Waals surface area contributed by atoms with Crippen molar-refractivity contribution in [1.29, 1.82) is 0 Å². The van der Waals surface area contributed by atoms with Gasteiger partial charge in [-0.2, -0.15) is 0 Å². The number of benzene rings is 2. The molecule has 0 aromatic heterocycles. The SMILES string of the molecule is CCc1cccc(CC)c1NS(=O)(=O)c1ccc(OCC(=O)N(C)C)cc1. The van der Waals surface area contributed by atoms with Crippen molar-refractivity contribution in [3.8, 4) is 5.75 Å². The zero-order valence-corrected chi connectivity index (χ0v) is 17.0. The molecule has 0 fully saturated rings. The predicted octanol–water partition coefficient (Wildman–Crippen LogP) is 3.08. The van der Waals surface area contributed by atoms with Gasteiger partial charge in [-0.15, -0.1) is 0 Å². The Morgan fingerprint density at radius 1 is 1.00 bits per heavy atom. The van der Waals surface area contributed by atoms with Crippen LogP contribution in [-0.4, -0.2) is 39.9 Å². The first-order chi connectivity index (χ1) is 12.8. The number of carbonyl (C=O) groups is 1. The van der Waals surface area contributed by atoms with Crippen molar-refractivity contribution in [2.75, 3.05) is 25.4 Å². The van der Waals surface area contributed by atoms with Crippen molar-refractivity contribution < 1.29 is 17.9 Å². The van der Waals surface area contributed by atoms with Gasteiger partial charge in [-0.3, -0.25) is 9.52 Å². The quantitative estimate of drug-likeness (QED) is 0.752. The molecular weight excluding hydrogens is 364 g/mol. The van der Waals surface area contributed by atoms with E-state index in [-0.39, 0.29) is 17.4 Å². The average Bonchev–Trinajstić information content (AvgIpc) is 2.66. The molecule has 7 heteroatoms. The van der Waals surface area contributed by atoms with Gasteiger partial charge in [0.2, 0.25) is 0 Å². The van der Waals surface area contributed by atoms with E-state index in [9.17, 15) is 13.2 Å². The number of sulfonamides is 1. The first-order valence-electron chi connectivity index (χ1n) is 8.85. The van der Waals surface area contributed by atoms with Gasteiger partial charge in [0, 0.05) is 14.1 Å². The molecule has 0 saturated carbocycles. The number of carbonyl (C=O) groups excluding carboxylic acids is 1. The molecule has 1 amide bonds. The molecule has 6 nitrogen and oxygen atoms in total. The van der Waals surface area contributed by atoms with E-state index < -0.39 is 10.0 Å². The lowest BCUT2D eigenvalue weighted by atomic mass is 10.0. The van der Waals surface area contributed by atoms with Crippen molar-refractivity contribution >= 4 is 21.6 Å². The molecule has 0 aliphatic carbocycles. The second-order valence-electron chi connectivity index (χ2n) is 6.31. The van der Waals surface area contributed by atoms with E-state index in [1.165, 1.54) is 17.0 Å². The topological polar surface area (TPSA) is 75.7 Å². The molecule has 0 atom stereocenters. The summed E-state index contributed by atoms with van der Waals surface area (Å²) in [6.45, 7) is 3.89. The molecule has 2 aromatic carbocycles. The summed E-state index contributed by atoms with van der Waals surface area (Å²) in [6, 6.07) is 11.8. The Labute approximate surface area is 161 Å². The summed E-state index contributed by atoms with van der Waals surface area (Å²) < 4.78 is 33.7. The molecule has 0 spiro atoms. The molecular formula is C20H26N2O4S. The van der Waals surface area contributed by atoms with Crippen LogP contribution in [0.2, 0.25) is 0 Å². The smallest absolute Gasteiger partial charge is 0.261 e. The Bertz CT molecular complexity index is 868. The molecule has 2 aromatic rings. The number of aryl methyl sites for hydroxylation is 2. The summed E-state index contributed by atoms with van der Waals surface area (Å²) in [7, 11) is -0.432. The van der Waals surface area contributed by atoms with Crippen molar-refractivity contribution in [2.45, 2.75) is 31.6 Å². The van der Waals surface area contributed by atoms with Gasteiger partial charge < -0.3 is 9.64 Å². The normalized spacial score (nSPS) is 11.1. The maximum Gasteiger partial charge on any atom is 0.261 e. The van der Waals surface area contributed by atoms with Gasteiger partial charge >= 0.3 is 0 Å². The molecule has 146 valence electrons. The highest BCUT2D eigenvalue weighted by Crippen LogP contribution is 2.26. The summed E-state index contributed by atoms with van der Waals surface area (Å²) in [5.41, 5.74) is 2.57. The number of hydrogen-bond donors (Lipinski definition) is 1. The van der Waals surface area contributed by atoms with E-state index in [4.69, 9.17) is 4.74 Å². The monoisotopic (exact) mass is 390 g/mol. The number of ether oxygens (including phenoxy) is 1. The number of para-hydroxylation sites is 1. The summed E-state index contributed by atoms with van der Waals surface area (Å²) in [5, 5.41) is 0. The Hall–Kier alpha value is -2.54. The largest absolute Gasteiger partial charge is 0.484 e. The van der Waals surface area contributed by atoms with Crippen LogP contribution in [0.4, 0.5) is 5.69 Å². The van der Waals surface area contributed by atoms with Gasteiger partial charge in [0.15, 0.2) is 6.61 Å². The Morgan fingerprint density at radius 2 is 1.56 bits per heavy atom. The van der Waals surface area contributed by atoms with Crippen molar-refractivity contribution in [3.05, 3.63) is 53.6 Å². The van der Waals surface area contributed by atoms with Gasteiger partial charge in [0.25, 0.3) is 15.9 Å². The fraction of sp³-hybridized carbons (Fsp3) is 0.350. The minimum absolute atomic E-state index is 0.0961. The maximum atomic E-state index is 12.8. The highest BCUT2D eigenvalue weighted by atomic mass is 32.2. The fourth-order valence-corrected chi connectivity index (χ4v) is 3.70. The number of likely N-dealkylation sites (N-methyl/N-ethyl adjacent to an activating group) is 1. The molecule has 0 aliphatic rings. The van der Waals surface area contributed by atoms with Crippen LogP contribution in [0.3, 0.4) is 0 Å². The number of nitrogens with one attached hydrogen (secondary N) is 1. The molecule has 0 unspecified atom stereocenters. The minimum Gasteiger partial charge on any atom is -0.484 e.